The first-order valence-electron chi connectivity index (χ1n) is 19.2. The van der Waals surface area contributed by atoms with Crippen molar-refractivity contribution in [3.05, 3.63) is 188 Å². The first-order valence-corrected chi connectivity index (χ1v) is 19.2. The van der Waals surface area contributed by atoms with E-state index in [1.54, 1.807) is 0 Å². The number of furan rings is 1. The van der Waals surface area contributed by atoms with Gasteiger partial charge < -0.3 is 18.1 Å². The Morgan fingerprint density at radius 2 is 0.875 bits per heavy atom. The van der Waals surface area contributed by atoms with Crippen LogP contribution in [-0.2, 0) is 0 Å². The van der Waals surface area contributed by atoms with Crippen LogP contribution in [-0.4, -0.2) is 8.80 Å². The summed E-state index contributed by atoms with van der Waals surface area (Å²) in [5.74, 6) is 0. The second-order valence-electron chi connectivity index (χ2n) is 15.0. The SMILES string of the molecule is c1ccc2cc(-c3ccc(N(c4ccc5c(c4)oc4ccccc45)c4ccc5c(c4)n4c6ccccc6c6ccc7c8ccccc8n5c7c64)cc3)ccc2c1. The highest BCUT2D eigenvalue weighted by Crippen LogP contribution is 2.45. The molecule has 13 aromatic rings. The summed E-state index contributed by atoms with van der Waals surface area (Å²) in [5.41, 5.74) is 14.6. The lowest BCUT2D eigenvalue weighted by atomic mass is 10.0. The number of para-hydroxylation sites is 3. The van der Waals surface area contributed by atoms with Gasteiger partial charge in [-0.3, -0.25) is 0 Å². The highest BCUT2D eigenvalue weighted by atomic mass is 16.3. The zero-order valence-electron chi connectivity index (χ0n) is 30.1. The molecule has 0 aliphatic heterocycles. The molecule has 0 amide bonds. The summed E-state index contributed by atoms with van der Waals surface area (Å²) in [6.07, 6.45) is 0. The van der Waals surface area contributed by atoms with Crippen molar-refractivity contribution in [3.63, 3.8) is 0 Å². The van der Waals surface area contributed by atoms with E-state index in [0.717, 1.165) is 44.5 Å². The third kappa shape index (κ3) is 4.02. The van der Waals surface area contributed by atoms with E-state index in [9.17, 15) is 0 Å². The minimum Gasteiger partial charge on any atom is -0.456 e. The lowest BCUT2D eigenvalue weighted by Gasteiger charge is -2.26. The summed E-state index contributed by atoms with van der Waals surface area (Å²) in [7, 11) is 0. The van der Waals surface area contributed by atoms with Crippen molar-refractivity contribution in [2.45, 2.75) is 0 Å². The Labute approximate surface area is 320 Å². The van der Waals surface area contributed by atoms with Gasteiger partial charge in [0.25, 0.3) is 0 Å². The molecular formula is C52H31N3O. The summed E-state index contributed by atoms with van der Waals surface area (Å²) in [4.78, 5) is 2.36. The number of aromatic nitrogens is 2. The highest BCUT2D eigenvalue weighted by molar-refractivity contribution is 6.25. The van der Waals surface area contributed by atoms with E-state index >= 15 is 0 Å². The molecule has 4 heteroatoms. The van der Waals surface area contributed by atoms with Gasteiger partial charge in [0.2, 0.25) is 0 Å². The van der Waals surface area contributed by atoms with E-state index < -0.39 is 0 Å². The van der Waals surface area contributed by atoms with Gasteiger partial charge in [-0.1, -0.05) is 115 Å². The van der Waals surface area contributed by atoms with Crippen molar-refractivity contribution < 1.29 is 4.42 Å². The molecule has 0 atom stereocenters. The van der Waals surface area contributed by atoms with Crippen LogP contribution < -0.4 is 4.90 Å². The standard InChI is InChI=1S/C52H31N3O/c1-2-10-34-29-35(18-17-32(34)9-1)33-19-21-36(22-20-33)53(38-23-25-42-41-13-5-8-16-49(41)56-50(42)31-38)37-24-28-47-48(30-37)55-46-15-7-4-12-40(46)44-27-26-43-39-11-3-6-14-45(39)54(47)51(43)52(44)55/h1-31H. The second-order valence-corrected chi connectivity index (χ2v) is 15.0. The molecular weight excluding hydrogens is 683 g/mol. The molecule has 0 unspecified atom stereocenters. The highest BCUT2D eigenvalue weighted by Gasteiger charge is 2.23. The Morgan fingerprint density at radius 3 is 1.64 bits per heavy atom. The minimum atomic E-state index is 0.868. The van der Waals surface area contributed by atoms with Crippen molar-refractivity contribution in [2.75, 3.05) is 4.90 Å². The van der Waals surface area contributed by atoms with Crippen LogP contribution >= 0.6 is 0 Å². The summed E-state index contributed by atoms with van der Waals surface area (Å²) in [5, 5.41) is 9.80. The lowest BCUT2D eigenvalue weighted by Crippen LogP contribution is -2.10. The Bertz CT molecular complexity index is 3710. The number of benzene rings is 9. The Hall–Kier alpha value is -7.56. The smallest absolute Gasteiger partial charge is 0.137 e. The molecule has 260 valence electrons. The fraction of sp³-hybridized carbons (Fsp3) is 0. The molecule has 56 heavy (non-hydrogen) atoms. The van der Waals surface area contributed by atoms with Gasteiger partial charge in [0.15, 0.2) is 0 Å². The summed E-state index contributed by atoms with van der Waals surface area (Å²) in [6.45, 7) is 0. The third-order valence-electron chi connectivity index (χ3n) is 12.0. The first kappa shape index (κ1) is 29.8. The lowest BCUT2D eigenvalue weighted by molar-refractivity contribution is 0.669. The molecule has 0 bridgehead atoms. The molecule has 0 aliphatic rings. The third-order valence-corrected chi connectivity index (χ3v) is 12.0. The van der Waals surface area contributed by atoms with Crippen LogP contribution in [0.5, 0.6) is 0 Å². The van der Waals surface area contributed by atoms with E-state index in [1.165, 1.54) is 71.0 Å². The van der Waals surface area contributed by atoms with Gasteiger partial charge >= 0.3 is 0 Å². The maximum atomic E-state index is 6.46. The average Bonchev–Trinajstić information content (AvgIpc) is 3.92. The Kier molecular flexibility index (Phi) is 5.86. The number of rotatable bonds is 4. The molecule has 0 fully saturated rings. The van der Waals surface area contributed by atoms with Gasteiger partial charge in [-0.2, -0.15) is 0 Å². The fourth-order valence-corrected chi connectivity index (χ4v) is 9.49. The average molecular weight is 714 g/mol. The molecule has 9 aromatic carbocycles. The first-order chi connectivity index (χ1) is 27.8. The topological polar surface area (TPSA) is 25.2 Å². The fourth-order valence-electron chi connectivity index (χ4n) is 9.49. The second kappa shape index (κ2) is 11.0. The van der Waals surface area contributed by atoms with Crippen LogP contribution in [0.1, 0.15) is 0 Å². The van der Waals surface area contributed by atoms with Gasteiger partial charge in [0, 0.05) is 55.4 Å². The van der Waals surface area contributed by atoms with Crippen LogP contribution in [0.25, 0.3) is 98.5 Å². The predicted octanol–water partition coefficient (Wildman–Crippen LogP) is 14.4. The maximum Gasteiger partial charge on any atom is 0.137 e. The van der Waals surface area contributed by atoms with Gasteiger partial charge in [0.1, 0.15) is 11.2 Å². The quantitative estimate of drug-likeness (QED) is 0.170. The molecule has 0 spiro atoms. The molecule has 0 N–H and O–H groups in total. The van der Waals surface area contributed by atoms with Crippen LogP contribution in [0, 0.1) is 0 Å². The van der Waals surface area contributed by atoms with E-state index in [0.29, 0.717) is 0 Å². The number of hydrogen-bond acceptors (Lipinski definition) is 2. The van der Waals surface area contributed by atoms with Crippen molar-refractivity contribution in [1.29, 1.82) is 0 Å². The van der Waals surface area contributed by atoms with Crippen LogP contribution in [0.15, 0.2) is 192 Å². The van der Waals surface area contributed by atoms with Gasteiger partial charge in [-0.05, 0) is 88.6 Å². The van der Waals surface area contributed by atoms with Gasteiger partial charge in [-0.15, -0.1) is 0 Å². The molecule has 4 heterocycles. The minimum absolute atomic E-state index is 0.868. The van der Waals surface area contributed by atoms with E-state index in [2.05, 4.69) is 190 Å². The molecule has 4 aromatic heterocycles. The number of hydrogen-bond donors (Lipinski definition) is 0. The van der Waals surface area contributed by atoms with Crippen LogP contribution in [0.4, 0.5) is 17.1 Å². The Morgan fingerprint density at radius 1 is 0.321 bits per heavy atom. The summed E-state index contributed by atoms with van der Waals surface area (Å²) < 4.78 is 11.4. The van der Waals surface area contributed by atoms with Gasteiger partial charge in [0.05, 0.1) is 33.1 Å². The normalized spacial score (nSPS) is 12.3. The number of nitrogens with zero attached hydrogens (tertiary/aromatic N) is 3. The van der Waals surface area contributed by atoms with Crippen molar-refractivity contribution in [2.24, 2.45) is 0 Å². The molecule has 0 saturated carbocycles. The van der Waals surface area contributed by atoms with E-state index in [1.807, 2.05) is 12.1 Å². The predicted molar refractivity (Wildman–Crippen MR) is 234 cm³/mol. The summed E-state index contributed by atoms with van der Waals surface area (Å²) in [6, 6.07) is 68.3. The molecule has 0 saturated heterocycles. The molecule has 4 nitrogen and oxygen atoms in total. The number of fused-ring (bicyclic) bond motifs is 13. The zero-order valence-corrected chi connectivity index (χ0v) is 30.1. The number of anilines is 3. The van der Waals surface area contributed by atoms with Crippen molar-refractivity contribution in [1.82, 2.24) is 8.80 Å². The van der Waals surface area contributed by atoms with Gasteiger partial charge in [-0.25, -0.2) is 0 Å². The van der Waals surface area contributed by atoms with Crippen molar-refractivity contribution in [3.8, 4) is 11.1 Å². The van der Waals surface area contributed by atoms with E-state index in [-0.39, 0.29) is 0 Å². The van der Waals surface area contributed by atoms with Crippen molar-refractivity contribution >= 4 is 104 Å². The van der Waals surface area contributed by atoms with Crippen LogP contribution in [0.2, 0.25) is 0 Å². The van der Waals surface area contributed by atoms with E-state index in [4.69, 9.17) is 4.42 Å². The maximum absolute atomic E-state index is 6.46. The molecule has 0 aliphatic carbocycles. The summed E-state index contributed by atoms with van der Waals surface area (Å²) >= 11 is 0. The molecule has 13 rings (SSSR count). The van der Waals surface area contributed by atoms with Crippen LogP contribution in [0.3, 0.4) is 0 Å². The molecule has 0 radical (unpaired) electrons. The monoisotopic (exact) mass is 713 g/mol. The zero-order chi connectivity index (χ0) is 36.5. The Balaban J connectivity index is 1.08. The largest absolute Gasteiger partial charge is 0.456 e.